The number of pyridine rings is 1. The number of hydrogen-bond acceptors (Lipinski definition) is 3. The average molecular weight is 369 g/mol. The predicted octanol–water partition coefficient (Wildman–Crippen LogP) is 4.33. The quantitative estimate of drug-likeness (QED) is 0.508. The van der Waals surface area contributed by atoms with E-state index in [0.29, 0.717) is 17.3 Å². The van der Waals surface area contributed by atoms with Crippen LogP contribution in [0.4, 0.5) is 13.2 Å². The van der Waals surface area contributed by atoms with Gasteiger partial charge in [0.1, 0.15) is 12.4 Å². The fraction of sp³-hybridized carbons (Fsp3) is 0.176. The highest BCUT2D eigenvalue weighted by Gasteiger charge is 2.19. The Balaban J connectivity index is 2.04. The number of hydrogen-bond donors (Lipinski definition) is 0. The second-order valence-corrected chi connectivity index (χ2v) is 5.86. The zero-order chi connectivity index (χ0) is 18.3. The summed E-state index contributed by atoms with van der Waals surface area (Å²) in [6, 6.07) is 4.79. The van der Waals surface area contributed by atoms with Crippen molar-refractivity contribution < 1.29 is 22.7 Å². The van der Waals surface area contributed by atoms with Crippen molar-refractivity contribution in [2.75, 3.05) is 0 Å². The molecule has 0 radical (unpaired) electrons. The van der Waals surface area contributed by atoms with E-state index >= 15 is 0 Å². The number of nitrogens with zero attached hydrogens (tertiary/aromatic N) is 2. The summed E-state index contributed by atoms with van der Waals surface area (Å²) >= 11 is 5.59. The number of carbonyl (C=O) groups excluding carboxylic acids is 1. The maximum Gasteiger partial charge on any atom is 0.256 e. The Hall–Kier alpha value is -2.54. The lowest BCUT2D eigenvalue weighted by atomic mass is 10.2. The van der Waals surface area contributed by atoms with Gasteiger partial charge < -0.3 is 4.74 Å². The number of halogens is 4. The molecule has 130 valence electrons. The Bertz CT molecular complexity index is 1000. The van der Waals surface area contributed by atoms with Crippen LogP contribution in [-0.4, -0.2) is 14.9 Å². The second-order valence-electron chi connectivity index (χ2n) is 5.51. The molecule has 0 bridgehead atoms. The van der Waals surface area contributed by atoms with E-state index in [1.807, 2.05) is 0 Å². The number of ether oxygens (including phenoxy) is 1. The van der Waals surface area contributed by atoms with E-state index in [9.17, 15) is 18.0 Å². The third-order valence-electron chi connectivity index (χ3n) is 3.72. The van der Waals surface area contributed by atoms with Crippen LogP contribution in [0.15, 0.2) is 24.3 Å². The van der Waals surface area contributed by atoms with E-state index in [1.54, 1.807) is 26.0 Å². The fourth-order valence-electron chi connectivity index (χ4n) is 2.55. The van der Waals surface area contributed by atoms with Crippen LogP contribution in [0.2, 0.25) is 0 Å². The highest BCUT2D eigenvalue weighted by molar-refractivity contribution is 6.68. The van der Waals surface area contributed by atoms with Crippen molar-refractivity contribution in [3.63, 3.8) is 0 Å². The van der Waals surface area contributed by atoms with Gasteiger partial charge in [0, 0.05) is 6.07 Å². The summed E-state index contributed by atoms with van der Waals surface area (Å²) in [7, 11) is 0. The maximum absolute atomic E-state index is 13.8. The number of carbonyl (C=O) groups is 1. The van der Waals surface area contributed by atoms with Gasteiger partial charge in [-0.3, -0.25) is 4.79 Å². The van der Waals surface area contributed by atoms with Gasteiger partial charge in [-0.25, -0.2) is 13.2 Å². The fourth-order valence-corrected chi connectivity index (χ4v) is 2.79. The van der Waals surface area contributed by atoms with Crippen LogP contribution in [0.25, 0.3) is 5.52 Å². The topological polar surface area (TPSA) is 43.6 Å². The molecule has 2 heterocycles. The van der Waals surface area contributed by atoms with Gasteiger partial charge >= 0.3 is 0 Å². The molecule has 1 aromatic carbocycles. The minimum absolute atomic E-state index is 0.144. The number of rotatable bonds is 4. The van der Waals surface area contributed by atoms with Gasteiger partial charge in [-0.1, -0.05) is 0 Å². The molecule has 4 nitrogen and oxygen atoms in total. The molecule has 3 aromatic rings. The number of aromatic nitrogens is 2. The molecule has 2 aromatic heterocycles. The van der Waals surface area contributed by atoms with Gasteiger partial charge in [0.15, 0.2) is 11.6 Å². The first-order valence-corrected chi connectivity index (χ1v) is 7.62. The summed E-state index contributed by atoms with van der Waals surface area (Å²) in [6.07, 6.45) is 0. The first kappa shape index (κ1) is 17.3. The molecule has 0 unspecified atom stereocenters. The zero-order valence-electron chi connectivity index (χ0n) is 13.2. The van der Waals surface area contributed by atoms with Crippen LogP contribution in [-0.2, 0) is 6.61 Å². The van der Waals surface area contributed by atoms with Crippen molar-refractivity contribution in [1.82, 2.24) is 9.61 Å². The van der Waals surface area contributed by atoms with E-state index in [4.69, 9.17) is 16.3 Å². The van der Waals surface area contributed by atoms with E-state index in [-0.39, 0.29) is 11.4 Å². The zero-order valence-corrected chi connectivity index (χ0v) is 14.0. The van der Waals surface area contributed by atoms with Crippen LogP contribution >= 0.6 is 11.6 Å². The standard InChI is InChI=1S/C17H12ClF3N2O2/c1-8-5-13-15(17(18)24)9(2)22-23(13)14(6-8)25-7-10-11(19)3-4-12(20)16(10)21/h3-6H,7H2,1-2H3. The van der Waals surface area contributed by atoms with Crippen molar-refractivity contribution in [3.8, 4) is 5.88 Å². The molecule has 0 aliphatic heterocycles. The lowest BCUT2D eigenvalue weighted by Crippen LogP contribution is -2.07. The lowest BCUT2D eigenvalue weighted by Gasteiger charge is -2.11. The average Bonchev–Trinajstić information content (AvgIpc) is 2.87. The minimum atomic E-state index is -1.31. The Morgan fingerprint density at radius 1 is 1.20 bits per heavy atom. The number of benzene rings is 1. The second kappa shape index (κ2) is 6.40. The van der Waals surface area contributed by atoms with Crippen molar-refractivity contribution in [3.05, 3.63) is 64.1 Å². The van der Waals surface area contributed by atoms with Gasteiger partial charge in [-0.05, 0) is 49.2 Å². The Kier molecular flexibility index (Phi) is 4.43. The molecule has 0 N–H and O–H groups in total. The Morgan fingerprint density at radius 2 is 1.88 bits per heavy atom. The van der Waals surface area contributed by atoms with Crippen molar-refractivity contribution >= 4 is 22.4 Å². The third kappa shape index (κ3) is 3.07. The van der Waals surface area contributed by atoms with Crippen LogP contribution < -0.4 is 4.74 Å². The van der Waals surface area contributed by atoms with Gasteiger partial charge in [0.25, 0.3) is 5.24 Å². The van der Waals surface area contributed by atoms with Crippen LogP contribution in [0.1, 0.15) is 27.2 Å². The summed E-state index contributed by atoms with van der Waals surface area (Å²) in [5.41, 5.74) is 1.21. The summed E-state index contributed by atoms with van der Waals surface area (Å²) in [6.45, 7) is 2.81. The van der Waals surface area contributed by atoms with Gasteiger partial charge in [-0.2, -0.15) is 9.61 Å². The number of aryl methyl sites for hydroxylation is 2. The van der Waals surface area contributed by atoms with Crippen molar-refractivity contribution in [2.24, 2.45) is 0 Å². The smallest absolute Gasteiger partial charge is 0.256 e. The first-order valence-electron chi connectivity index (χ1n) is 7.24. The molecule has 8 heteroatoms. The largest absolute Gasteiger partial charge is 0.473 e. The monoisotopic (exact) mass is 368 g/mol. The van der Waals surface area contributed by atoms with E-state index in [2.05, 4.69) is 5.10 Å². The molecule has 0 aliphatic carbocycles. The molecule has 3 rings (SSSR count). The summed E-state index contributed by atoms with van der Waals surface area (Å²) in [5.74, 6) is -3.25. The molecule has 0 aliphatic rings. The van der Waals surface area contributed by atoms with Crippen molar-refractivity contribution in [2.45, 2.75) is 20.5 Å². The Morgan fingerprint density at radius 3 is 2.56 bits per heavy atom. The van der Waals surface area contributed by atoms with Crippen LogP contribution in [0.5, 0.6) is 5.88 Å². The SMILES string of the molecule is Cc1cc(OCc2c(F)ccc(F)c2F)n2nc(C)c(C(=O)Cl)c2c1. The molecular formula is C17H12ClF3N2O2. The molecule has 0 saturated carbocycles. The maximum atomic E-state index is 13.8. The van der Waals surface area contributed by atoms with E-state index < -0.39 is 34.9 Å². The molecule has 0 spiro atoms. The molecule has 0 amide bonds. The molecule has 0 atom stereocenters. The highest BCUT2D eigenvalue weighted by Crippen LogP contribution is 2.26. The van der Waals surface area contributed by atoms with E-state index in [0.717, 1.165) is 11.6 Å². The van der Waals surface area contributed by atoms with Crippen molar-refractivity contribution in [1.29, 1.82) is 0 Å². The van der Waals surface area contributed by atoms with Crippen LogP contribution in [0.3, 0.4) is 0 Å². The van der Waals surface area contributed by atoms with Crippen LogP contribution in [0, 0.1) is 31.3 Å². The molecule has 0 saturated heterocycles. The summed E-state index contributed by atoms with van der Waals surface area (Å²) in [5, 5.41) is 3.50. The predicted molar refractivity (Wildman–Crippen MR) is 85.5 cm³/mol. The van der Waals surface area contributed by atoms with Gasteiger partial charge in [0.05, 0.1) is 22.3 Å². The van der Waals surface area contributed by atoms with Gasteiger partial charge in [0.2, 0.25) is 5.88 Å². The molecular weight excluding hydrogens is 357 g/mol. The third-order valence-corrected chi connectivity index (χ3v) is 3.91. The van der Waals surface area contributed by atoms with Gasteiger partial charge in [-0.15, -0.1) is 0 Å². The lowest BCUT2D eigenvalue weighted by molar-refractivity contribution is 0.108. The minimum Gasteiger partial charge on any atom is -0.473 e. The molecule has 25 heavy (non-hydrogen) atoms. The summed E-state index contributed by atoms with van der Waals surface area (Å²) in [4.78, 5) is 11.6. The first-order chi connectivity index (χ1) is 11.8. The number of fused-ring (bicyclic) bond motifs is 1. The highest BCUT2D eigenvalue weighted by atomic mass is 35.5. The van der Waals surface area contributed by atoms with E-state index in [1.165, 1.54) is 4.52 Å². The Labute approximate surface area is 145 Å². The normalized spacial score (nSPS) is 11.1. The molecule has 0 fully saturated rings. The summed E-state index contributed by atoms with van der Waals surface area (Å²) < 4.78 is 47.5.